The van der Waals surface area contributed by atoms with Gasteiger partial charge in [0.1, 0.15) is 0 Å². The topological polar surface area (TPSA) is 72.6 Å². The zero-order valence-corrected chi connectivity index (χ0v) is 14.1. The summed E-state index contributed by atoms with van der Waals surface area (Å²) < 4.78 is 29.5. The molecule has 1 aliphatic carbocycles. The molecule has 1 aliphatic rings. The van der Waals surface area contributed by atoms with Gasteiger partial charge in [-0.15, -0.1) is 0 Å². The van der Waals surface area contributed by atoms with E-state index in [9.17, 15) is 8.42 Å². The van der Waals surface area contributed by atoms with Crippen molar-refractivity contribution in [2.24, 2.45) is 11.7 Å². The second-order valence-corrected chi connectivity index (χ2v) is 8.58. The molecule has 5 nitrogen and oxygen atoms in total. The molecule has 2 unspecified atom stereocenters. The molecular formula is C14H30N2O3S. The van der Waals surface area contributed by atoms with E-state index < -0.39 is 15.4 Å². The first-order chi connectivity index (χ1) is 9.28. The van der Waals surface area contributed by atoms with Crippen molar-refractivity contribution >= 4 is 9.84 Å². The van der Waals surface area contributed by atoms with Gasteiger partial charge in [-0.05, 0) is 18.8 Å². The molecule has 0 saturated heterocycles. The van der Waals surface area contributed by atoms with Gasteiger partial charge in [-0.25, -0.2) is 8.42 Å². The summed E-state index contributed by atoms with van der Waals surface area (Å²) in [6, 6.07) is 0. The fraction of sp³-hybridized carbons (Fsp3) is 1.00. The first-order valence-corrected chi connectivity index (χ1v) is 9.36. The summed E-state index contributed by atoms with van der Waals surface area (Å²) in [5.74, 6) is 0.469. The summed E-state index contributed by atoms with van der Waals surface area (Å²) >= 11 is 0. The SMILES string of the molecule is COCCN(CC(C)C)C1(CN)CCCC1S(C)(=O)=O. The molecule has 0 aliphatic heterocycles. The van der Waals surface area contributed by atoms with Crippen molar-refractivity contribution in [2.75, 3.05) is 39.6 Å². The first-order valence-electron chi connectivity index (χ1n) is 7.41. The Labute approximate surface area is 123 Å². The van der Waals surface area contributed by atoms with E-state index in [-0.39, 0.29) is 5.25 Å². The lowest BCUT2D eigenvalue weighted by atomic mass is 9.93. The Morgan fingerprint density at radius 1 is 1.45 bits per heavy atom. The minimum Gasteiger partial charge on any atom is -0.383 e. The molecule has 0 radical (unpaired) electrons. The van der Waals surface area contributed by atoms with E-state index in [0.717, 1.165) is 32.4 Å². The Kier molecular flexibility index (Phi) is 6.44. The number of nitrogens with two attached hydrogens (primary N) is 1. The average Bonchev–Trinajstić information content (AvgIpc) is 2.78. The van der Waals surface area contributed by atoms with Crippen LogP contribution in [0.15, 0.2) is 0 Å². The van der Waals surface area contributed by atoms with E-state index >= 15 is 0 Å². The van der Waals surface area contributed by atoms with Gasteiger partial charge >= 0.3 is 0 Å². The normalized spacial score (nSPS) is 27.6. The molecular weight excluding hydrogens is 276 g/mol. The molecule has 1 saturated carbocycles. The minimum atomic E-state index is -3.09. The maximum Gasteiger partial charge on any atom is 0.152 e. The second kappa shape index (κ2) is 7.20. The van der Waals surface area contributed by atoms with E-state index in [1.807, 2.05) is 0 Å². The molecule has 120 valence electrons. The van der Waals surface area contributed by atoms with E-state index in [0.29, 0.717) is 19.1 Å². The Morgan fingerprint density at radius 3 is 2.55 bits per heavy atom. The smallest absolute Gasteiger partial charge is 0.152 e. The van der Waals surface area contributed by atoms with Gasteiger partial charge in [0.25, 0.3) is 0 Å². The van der Waals surface area contributed by atoms with Gasteiger partial charge in [-0.3, -0.25) is 4.90 Å². The monoisotopic (exact) mass is 306 g/mol. The second-order valence-electron chi connectivity index (χ2n) is 6.35. The first kappa shape index (κ1) is 17.9. The van der Waals surface area contributed by atoms with E-state index in [4.69, 9.17) is 10.5 Å². The van der Waals surface area contributed by atoms with Crippen LogP contribution in [0.25, 0.3) is 0 Å². The van der Waals surface area contributed by atoms with Crippen molar-refractivity contribution in [3.8, 4) is 0 Å². The van der Waals surface area contributed by atoms with E-state index in [1.165, 1.54) is 6.26 Å². The van der Waals surface area contributed by atoms with E-state index in [1.54, 1.807) is 7.11 Å². The predicted molar refractivity (Wildman–Crippen MR) is 82.6 cm³/mol. The number of hydrogen-bond donors (Lipinski definition) is 1. The maximum absolute atomic E-state index is 12.2. The summed E-state index contributed by atoms with van der Waals surface area (Å²) in [7, 11) is -1.42. The van der Waals surface area contributed by atoms with Crippen LogP contribution in [0.1, 0.15) is 33.1 Å². The molecule has 0 bridgehead atoms. The molecule has 6 heteroatoms. The fourth-order valence-electron chi connectivity index (χ4n) is 3.50. The van der Waals surface area contributed by atoms with Gasteiger partial charge in [0.15, 0.2) is 9.84 Å². The van der Waals surface area contributed by atoms with Crippen molar-refractivity contribution in [2.45, 2.75) is 43.9 Å². The molecule has 2 atom stereocenters. The lowest BCUT2D eigenvalue weighted by molar-refractivity contribution is 0.0552. The van der Waals surface area contributed by atoms with Gasteiger partial charge in [-0.2, -0.15) is 0 Å². The van der Waals surface area contributed by atoms with Gasteiger partial charge in [0.05, 0.1) is 11.9 Å². The van der Waals surface area contributed by atoms with Gasteiger partial charge in [0.2, 0.25) is 0 Å². The number of nitrogens with zero attached hydrogens (tertiary/aromatic N) is 1. The summed E-state index contributed by atoms with van der Waals surface area (Å²) in [6.07, 6.45) is 3.85. The summed E-state index contributed by atoms with van der Waals surface area (Å²) in [5, 5.41) is -0.351. The van der Waals surface area contributed by atoms with Crippen LogP contribution in [0, 0.1) is 5.92 Å². The maximum atomic E-state index is 12.2. The molecule has 0 spiro atoms. The molecule has 1 rings (SSSR count). The molecule has 0 aromatic heterocycles. The number of hydrogen-bond acceptors (Lipinski definition) is 5. The summed E-state index contributed by atoms with van der Waals surface area (Å²) in [6.45, 7) is 6.87. The van der Waals surface area contributed by atoms with Crippen LogP contribution < -0.4 is 5.73 Å². The third kappa shape index (κ3) is 3.93. The summed E-state index contributed by atoms with van der Waals surface area (Å²) in [5.41, 5.74) is 5.64. The van der Waals surface area contributed by atoms with Crippen LogP contribution in [0.3, 0.4) is 0 Å². The lowest BCUT2D eigenvalue weighted by Crippen LogP contribution is -2.61. The quantitative estimate of drug-likeness (QED) is 0.721. The fourth-order valence-corrected chi connectivity index (χ4v) is 5.25. The molecule has 0 aromatic carbocycles. The lowest BCUT2D eigenvalue weighted by Gasteiger charge is -2.45. The van der Waals surface area contributed by atoms with Crippen molar-refractivity contribution < 1.29 is 13.2 Å². The molecule has 0 heterocycles. The highest BCUT2D eigenvalue weighted by molar-refractivity contribution is 7.91. The van der Waals surface area contributed by atoms with Crippen molar-refractivity contribution in [1.82, 2.24) is 4.90 Å². The number of rotatable bonds is 8. The van der Waals surface area contributed by atoms with E-state index in [2.05, 4.69) is 18.7 Å². The van der Waals surface area contributed by atoms with Crippen molar-refractivity contribution in [3.05, 3.63) is 0 Å². The molecule has 2 N–H and O–H groups in total. The van der Waals surface area contributed by atoms with Crippen LogP contribution in [-0.4, -0.2) is 63.7 Å². The van der Waals surface area contributed by atoms with Gasteiger partial charge in [-0.1, -0.05) is 20.3 Å². The molecule has 0 amide bonds. The highest BCUT2D eigenvalue weighted by atomic mass is 32.2. The molecule has 1 fully saturated rings. The Hall–Kier alpha value is -0.170. The Bertz CT molecular complexity index is 397. The predicted octanol–water partition coefficient (Wildman–Crippen LogP) is 0.885. The zero-order valence-electron chi connectivity index (χ0n) is 13.3. The van der Waals surface area contributed by atoms with Crippen molar-refractivity contribution in [3.63, 3.8) is 0 Å². The third-order valence-corrected chi connectivity index (χ3v) is 6.03. The van der Waals surface area contributed by atoms with Gasteiger partial charge in [0, 0.05) is 38.5 Å². The Balaban J connectivity index is 3.08. The standard InChI is InChI=1S/C14H30N2O3S/c1-12(2)10-16(8-9-19-3)14(11-15)7-5-6-13(14)20(4,17)18/h12-13H,5-11,15H2,1-4H3. The van der Waals surface area contributed by atoms with Crippen LogP contribution in [0.2, 0.25) is 0 Å². The minimum absolute atomic E-state index is 0.351. The molecule has 20 heavy (non-hydrogen) atoms. The summed E-state index contributed by atoms with van der Waals surface area (Å²) in [4.78, 5) is 2.26. The Morgan fingerprint density at radius 2 is 2.10 bits per heavy atom. The third-order valence-electron chi connectivity index (χ3n) is 4.33. The molecule has 0 aromatic rings. The number of sulfone groups is 1. The van der Waals surface area contributed by atoms with Crippen molar-refractivity contribution in [1.29, 1.82) is 0 Å². The number of methoxy groups -OCH3 is 1. The largest absolute Gasteiger partial charge is 0.383 e. The average molecular weight is 306 g/mol. The van der Waals surface area contributed by atoms with Crippen LogP contribution >= 0.6 is 0 Å². The number of ether oxygens (including phenoxy) is 1. The van der Waals surface area contributed by atoms with Crippen LogP contribution in [-0.2, 0) is 14.6 Å². The van der Waals surface area contributed by atoms with Crippen LogP contribution in [0.4, 0.5) is 0 Å². The van der Waals surface area contributed by atoms with Gasteiger partial charge < -0.3 is 10.5 Å². The highest BCUT2D eigenvalue weighted by Crippen LogP contribution is 2.39. The zero-order chi connectivity index (χ0) is 15.4. The highest BCUT2D eigenvalue weighted by Gasteiger charge is 2.50. The van der Waals surface area contributed by atoms with Crippen LogP contribution in [0.5, 0.6) is 0 Å².